The summed E-state index contributed by atoms with van der Waals surface area (Å²) in [4.78, 5) is 19.6. The zero-order valence-electron chi connectivity index (χ0n) is 10.9. The number of anilines is 2. The van der Waals surface area contributed by atoms with Crippen molar-refractivity contribution in [1.82, 2.24) is 15.3 Å². The third-order valence-electron chi connectivity index (χ3n) is 2.24. The van der Waals surface area contributed by atoms with Gasteiger partial charge in [-0.05, 0) is 0 Å². The lowest BCUT2D eigenvalue weighted by atomic mass is 10.4. The van der Waals surface area contributed by atoms with E-state index in [0.29, 0.717) is 37.0 Å². The average molecular weight is 253 g/mol. The summed E-state index contributed by atoms with van der Waals surface area (Å²) in [6.07, 6.45) is 0.398. The Kier molecular flexibility index (Phi) is 5.86. The first-order valence-electron chi connectivity index (χ1n) is 5.68. The first kappa shape index (κ1) is 14.2. The van der Waals surface area contributed by atoms with Gasteiger partial charge in [0.1, 0.15) is 18.2 Å². The molecule has 0 spiro atoms. The quantitative estimate of drug-likeness (QED) is 0.644. The van der Waals surface area contributed by atoms with E-state index in [0.717, 1.165) is 0 Å². The molecule has 0 saturated heterocycles. The minimum absolute atomic E-state index is 0.0116. The molecular weight excluding hydrogens is 234 g/mol. The van der Waals surface area contributed by atoms with Gasteiger partial charge in [0, 0.05) is 40.2 Å². The molecular formula is C11H19N5O2. The fourth-order valence-electron chi connectivity index (χ4n) is 1.34. The molecule has 0 aliphatic rings. The van der Waals surface area contributed by atoms with E-state index in [1.807, 2.05) is 0 Å². The monoisotopic (exact) mass is 253 g/mol. The first-order chi connectivity index (χ1) is 8.69. The van der Waals surface area contributed by atoms with Crippen LogP contribution in [-0.4, -0.2) is 43.6 Å². The number of ether oxygens (including phenoxy) is 1. The molecule has 7 heteroatoms. The topological polar surface area (TPSA) is 88.2 Å². The summed E-state index contributed by atoms with van der Waals surface area (Å²) >= 11 is 0. The van der Waals surface area contributed by atoms with Crippen LogP contribution in [-0.2, 0) is 16.1 Å². The smallest absolute Gasteiger partial charge is 0.221 e. The fraction of sp³-hybridized carbons (Fsp3) is 0.545. The van der Waals surface area contributed by atoms with E-state index in [-0.39, 0.29) is 5.91 Å². The lowest BCUT2D eigenvalue weighted by Gasteiger charge is -2.09. The molecule has 1 aromatic heterocycles. The summed E-state index contributed by atoms with van der Waals surface area (Å²) in [5.41, 5.74) is 0. The average Bonchev–Trinajstić information content (AvgIpc) is 2.38. The Morgan fingerprint density at radius 3 is 2.67 bits per heavy atom. The molecule has 1 rings (SSSR count). The summed E-state index contributed by atoms with van der Waals surface area (Å²) in [6, 6.07) is 1.78. The molecule has 1 amide bonds. The second-order valence-corrected chi connectivity index (χ2v) is 3.59. The van der Waals surface area contributed by atoms with Crippen molar-refractivity contribution in [2.75, 3.05) is 38.4 Å². The van der Waals surface area contributed by atoms with Crippen LogP contribution in [0.2, 0.25) is 0 Å². The van der Waals surface area contributed by atoms with Crippen LogP contribution in [0.5, 0.6) is 0 Å². The number of nitrogens with zero attached hydrogens (tertiary/aromatic N) is 2. The van der Waals surface area contributed by atoms with Crippen LogP contribution in [0.25, 0.3) is 0 Å². The van der Waals surface area contributed by atoms with Gasteiger partial charge < -0.3 is 20.7 Å². The van der Waals surface area contributed by atoms with Crippen LogP contribution in [0.1, 0.15) is 12.2 Å². The number of hydrogen-bond acceptors (Lipinski definition) is 6. The second-order valence-electron chi connectivity index (χ2n) is 3.59. The molecule has 0 fully saturated rings. The summed E-state index contributed by atoms with van der Waals surface area (Å²) in [5, 5.41) is 8.59. The third-order valence-corrected chi connectivity index (χ3v) is 2.24. The van der Waals surface area contributed by atoms with Crippen molar-refractivity contribution in [3.05, 3.63) is 11.9 Å². The lowest BCUT2D eigenvalue weighted by molar-refractivity contribution is -0.120. The number of carbonyl (C=O) groups is 1. The molecule has 0 aliphatic heterocycles. The standard InChI is InChI=1S/C11H19N5O2/c1-12-8-6-9(14-5-4-11(17)13-2)16-10(15-8)7-18-3/h6H,4-5,7H2,1-3H3,(H,13,17)(H2,12,14,15,16). The minimum Gasteiger partial charge on any atom is -0.377 e. The largest absolute Gasteiger partial charge is 0.377 e. The Bertz CT molecular complexity index is 397. The third kappa shape index (κ3) is 4.54. The molecule has 0 saturated carbocycles. The van der Waals surface area contributed by atoms with Crippen LogP contribution >= 0.6 is 0 Å². The highest BCUT2D eigenvalue weighted by Gasteiger charge is 2.04. The van der Waals surface area contributed by atoms with Gasteiger partial charge in [-0.1, -0.05) is 0 Å². The molecule has 0 atom stereocenters. The highest BCUT2D eigenvalue weighted by atomic mass is 16.5. The van der Waals surface area contributed by atoms with Gasteiger partial charge in [-0.15, -0.1) is 0 Å². The van der Waals surface area contributed by atoms with E-state index >= 15 is 0 Å². The molecule has 0 aliphatic carbocycles. The van der Waals surface area contributed by atoms with Crippen molar-refractivity contribution in [3.63, 3.8) is 0 Å². The normalized spacial score (nSPS) is 9.94. The van der Waals surface area contributed by atoms with E-state index in [1.54, 1.807) is 27.3 Å². The van der Waals surface area contributed by atoms with Gasteiger partial charge >= 0.3 is 0 Å². The number of methoxy groups -OCH3 is 1. The number of aromatic nitrogens is 2. The molecule has 0 bridgehead atoms. The number of nitrogens with one attached hydrogen (secondary N) is 3. The Morgan fingerprint density at radius 2 is 2.06 bits per heavy atom. The predicted molar refractivity (Wildman–Crippen MR) is 69.5 cm³/mol. The summed E-state index contributed by atoms with van der Waals surface area (Å²) in [7, 11) is 4.99. The number of rotatable bonds is 7. The van der Waals surface area contributed by atoms with Crippen molar-refractivity contribution in [2.24, 2.45) is 0 Å². The molecule has 18 heavy (non-hydrogen) atoms. The predicted octanol–water partition coefficient (Wildman–Crippen LogP) is 0.213. The van der Waals surface area contributed by atoms with Gasteiger partial charge in [-0.2, -0.15) is 0 Å². The minimum atomic E-state index is -0.0116. The summed E-state index contributed by atoms with van der Waals surface area (Å²) < 4.78 is 5.00. The van der Waals surface area contributed by atoms with E-state index in [4.69, 9.17) is 4.74 Å². The Morgan fingerprint density at radius 1 is 1.33 bits per heavy atom. The van der Waals surface area contributed by atoms with Gasteiger partial charge in [-0.25, -0.2) is 9.97 Å². The Labute approximate surface area is 106 Å². The fourth-order valence-corrected chi connectivity index (χ4v) is 1.34. The van der Waals surface area contributed by atoms with Gasteiger partial charge in [-0.3, -0.25) is 4.79 Å². The van der Waals surface area contributed by atoms with Crippen molar-refractivity contribution < 1.29 is 9.53 Å². The van der Waals surface area contributed by atoms with Gasteiger partial charge in [0.15, 0.2) is 5.82 Å². The maximum Gasteiger partial charge on any atom is 0.221 e. The second kappa shape index (κ2) is 7.44. The van der Waals surface area contributed by atoms with Crippen LogP contribution in [0.3, 0.4) is 0 Å². The SMILES string of the molecule is CNC(=O)CCNc1cc(NC)nc(COC)n1. The number of amides is 1. The van der Waals surface area contributed by atoms with Gasteiger partial charge in [0.2, 0.25) is 5.91 Å². The summed E-state index contributed by atoms with van der Waals surface area (Å²) in [6.45, 7) is 0.867. The molecule has 3 N–H and O–H groups in total. The van der Waals surface area contributed by atoms with Gasteiger partial charge in [0.05, 0.1) is 0 Å². The van der Waals surface area contributed by atoms with Crippen LogP contribution in [0.15, 0.2) is 6.07 Å². The van der Waals surface area contributed by atoms with Crippen LogP contribution < -0.4 is 16.0 Å². The number of carbonyl (C=O) groups excluding carboxylic acids is 1. The maximum absolute atomic E-state index is 11.1. The van der Waals surface area contributed by atoms with E-state index in [1.165, 1.54) is 0 Å². The van der Waals surface area contributed by atoms with E-state index in [9.17, 15) is 4.79 Å². The zero-order valence-corrected chi connectivity index (χ0v) is 10.9. The van der Waals surface area contributed by atoms with Crippen molar-refractivity contribution >= 4 is 17.5 Å². The summed E-state index contributed by atoms with van der Waals surface area (Å²) in [5.74, 6) is 1.96. The van der Waals surface area contributed by atoms with Crippen LogP contribution in [0, 0.1) is 0 Å². The van der Waals surface area contributed by atoms with E-state index in [2.05, 4.69) is 25.9 Å². The Balaban J connectivity index is 2.63. The molecule has 0 unspecified atom stereocenters. The molecule has 1 heterocycles. The lowest BCUT2D eigenvalue weighted by Crippen LogP contribution is -2.21. The van der Waals surface area contributed by atoms with Crippen molar-refractivity contribution in [2.45, 2.75) is 13.0 Å². The van der Waals surface area contributed by atoms with Gasteiger partial charge in [0.25, 0.3) is 0 Å². The molecule has 1 aromatic rings. The maximum atomic E-state index is 11.1. The Hall–Kier alpha value is -1.89. The zero-order chi connectivity index (χ0) is 13.4. The molecule has 0 aromatic carbocycles. The van der Waals surface area contributed by atoms with E-state index < -0.39 is 0 Å². The highest BCUT2D eigenvalue weighted by molar-refractivity contribution is 5.76. The molecule has 0 radical (unpaired) electrons. The van der Waals surface area contributed by atoms with Crippen LogP contribution in [0.4, 0.5) is 11.6 Å². The number of hydrogen-bond donors (Lipinski definition) is 3. The highest BCUT2D eigenvalue weighted by Crippen LogP contribution is 2.11. The first-order valence-corrected chi connectivity index (χ1v) is 5.68. The molecule has 100 valence electrons. The molecule has 7 nitrogen and oxygen atoms in total. The van der Waals surface area contributed by atoms with Crippen molar-refractivity contribution in [3.8, 4) is 0 Å². The van der Waals surface area contributed by atoms with Crippen molar-refractivity contribution in [1.29, 1.82) is 0 Å².